The number of amides is 1. The van der Waals surface area contributed by atoms with Crippen molar-refractivity contribution in [1.82, 2.24) is 14.9 Å². The van der Waals surface area contributed by atoms with Crippen LogP contribution in [0.4, 0.5) is 0 Å². The molecule has 27 heavy (non-hydrogen) atoms. The smallest absolute Gasteiger partial charge is 0.262 e. The van der Waals surface area contributed by atoms with Gasteiger partial charge < -0.3 is 11.1 Å². The van der Waals surface area contributed by atoms with Crippen LogP contribution in [0.2, 0.25) is 0 Å². The molecular weight excluding hydrogens is 360 g/mol. The lowest BCUT2D eigenvalue weighted by Crippen LogP contribution is -2.32. The highest BCUT2D eigenvalue weighted by molar-refractivity contribution is 7.17. The van der Waals surface area contributed by atoms with Crippen LogP contribution in [0, 0.1) is 12.8 Å². The largest absolute Gasteiger partial charge is 0.356 e. The number of nitrogens with zero attached hydrogens (tertiary/aromatic N) is 2. The van der Waals surface area contributed by atoms with Crippen molar-refractivity contribution in [3.05, 3.63) is 51.9 Å². The zero-order valence-electron chi connectivity index (χ0n) is 15.6. The number of fused-ring (bicyclic) bond motifs is 1. The third-order valence-electron chi connectivity index (χ3n) is 4.55. The average molecular weight is 385 g/mol. The van der Waals surface area contributed by atoms with E-state index < -0.39 is 0 Å². The van der Waals surface area contributed by atoms with E-state index in [-0.39, 0.29) is 23.8 Å². The topological polar surface area (TPSA) is 90.0 Å². The summed E-state index contributed by atoms with van der Waals surface area (Å²) in [5.74, 6) is 0.143. The monoisotopic (exact) mass is 384 g/mol. The van der Waals surface area contributed by atoms with Gasteiger partial charge in [0.05, 0.1) is 11.7 Å². The minimum Gasteiger partial charge on any atom is -0.356 e. The van der Waals surface area contributed by atoms with Crippen LogP contribution in [0.1, 0.15) is 18.9 Å². The summed E-state index contributed by atoms with van der Waals surface area (Å²) in [6.45, 7) is 5.38. The maximum atomic E-state index is 13.0. The summed E-state index contributed by atoms with van der Waals surface area (Å²) < 4.78 is 1.51. The predicted octanol–water partition coefficient (Wildman–Crippen LogP) is 2.53. The molecule has 7 heteroatoms. The number of hydrogen-bond acceptors (Lipinski definition) is 5. The summed E-state index contributed by atoms with van der Waals surface area (Å²) in [5, 5.41) is 5.43. The Balaban J connectivity index is 1.80. The number of aryl methyl sites for hydroxylation is 2. The van der Waals surface area contributed by atoms with Crippen molar-refractivity contribution in [3.63, 3.8) is 0 Å². The highest BCUT2D eigenvalue weighted by atomic mass is 32.1. The van der Waals surface area contributed by atoms with Gasteiger partial charge >= 0.3 is 0 Å². The van der Waals surface area contributed by atoms with Gasteiger partial charge in [0, 0.05) is 30.5 Å². The van der Waals surface area contributed by atoms with Crippen LogP contribution in [0.5, 0.6) is 0 Å². The van der Waals surface area contributed by atoms with Gasteiger partial charge in [0.15, 0.2) is 0 Å². The van der Waals surface area contributed by atoms with Gasteiger partial charge in [-0.3, -0.25) is 14.2 Å². The summed E-state index contributed by atoms with van der Waals surface area (Å²) in [6, 6.07) is 8.08. The van der Waals surface area contributed by atoms with Crippen molar-refractivity contribution in [2.24, 2.45) is 11.7 Å². The molecule has 3 rings (SSSR count). The van der Waals surface area contributed by atoms with Crippen LogP contribution in [0.3, 0.4) is 0 Å². The molecular formula is C20H24N4O2S. The van der Waals surface area contributed by atoms with Crippen molar-refractivity contribution >= 4 is 27.5 Å². The third kappa shape index (κ3) is 4.43. The fraction of sp³-hybridized carbons (Fsp3) is 0.350. The highest BCUT2D eigenvalue weighted by Crippen LogP contribution is 2.30. The fourth-order valence-electron chi connectivity index (χ4n) is 2.75. The summed E-state index contributed by atoms with van der Waals surface area (Å²) in [5.41, 5.74) is 8.50. The molecule has 1 aromatic carbocycles. The lowest BCUT2D eigenvalue weighted by atomic mass is 10.1. The molecule has 0 radical (unpaired) electrons. The maximum absolute atomic E-state index is 13.0. The Hall–Kier alpha value is -2.51. The number of nitrogens with two attached hydrogens (primary N) is 1. The molecule has 0 aliphatic carbocycles. The van der Waals surface area contributed by atoms with Crippen LogP contribution >= 0.6 is 11.3 Å². The van der Waals surface area contributed by atoms with Gasteiger partial charge in [0.1, 0.15) is 4.83 Å². The molecule has 0 spiro atoms. The van der Waals surface area contributed by atoms with Gasteiger partial charge in [-0.05, 0) is 24.9 Å². The van der Waals surface area contributed by atoms with Crippen molar-refractivity contribution < 1.29 is 4.79 Å². The second kappa shape index (κ2) is 8.45. The molecule has 3 aromatic rings. The molecule has 0 saturated heterocycles. The average Bonchev–Trinajstić information content (AvgIpc) is 3.11. The number of aromatic nitrogens is 2. The van der Waals surface area contributed by atoms with Crippen molar-refractivity contribution in [2.75, 3.05) is 13.1 Å². The van der Waals surface area contributed by atoms with Gasteiger partial charge in [-0.25, -0.2) is 4.98 Å². The van der Waals surface area contributed by atoms with Crippen LogP contribution in [-0.4, -0.2) is 28.5 Å². The van der Waals surface area contributed by atoms with E-state index >= 15 is 0 Å². The molecule has 2 aromatic heterocycles. The van der Waals surface area contributed by atoms with E-state index in [0.29, 0.717) is 29.9 Å². The summed E-state index contributed by atoms with van der Waals surface area (Å²) in [6.07, 6.45) is 1.75. The molecule has 1 amide bonds. The van der Waals surface area contributed by atoms with Gasteiger partial charge in [0.25, 0.3) is 5.56 Å². The van der Waals surface area contributed by atoms with E-state index in [1.165, 1.54) is 27.8 Å². The van der Waals surface area contributed by atoms with E-state index in [1.54, 1.807) is 0 Å². The number of carbonyl (C=O) groups is 1. The molecule has 3 N–H and O–H groups in total. The van der Waals surface area contributed by atoms with E-state index in [4.69, 9.17) is 5.73 Å². The molecule has 1 atom stereocenters. The summed E-state index contributed by atoms with van der Waals surface area (Å²) in [7, 11) is 0. The Kier molecular flexibility index (Phi) is 6.03. The van der Waals surface area contributed by atoms with E-state index in [0.717, 1.165) is 11.1 Å². The first kappa shape index (κ1) is 19.3. The predicted molar refractivity (Wildman–Crippen MR) is 110 cm³/mol. The van der Waals surface area contributed by atoms with Gasteiger partial charge in [-0.2, -0.15) is 0 Å². The van der Waals surface area contributed by atoms with E-state index in [1.807, 2.05) is 43.5 Å². The van der Waals surface area contributed by atoms with Crippen LogP contribution in [0.15, 0.2) is 40.8 Å². The second-order valence-corrected chi connectivity index (χ2v) is 7.69. The van der Waals surface area contributed by atoms with Gasteiger partial charge in [-0.15, -0.1) is 11.3 Å². The molecule has 6 nitrogen and oxygen atoms in total. The number of nitrogens with one attached hydrogen (secondary N) is 1. The Bertz CT molecular complexity index is 991. The highest BCUT2D eigenvalue weighted by Gasteiger charge is 2.14. The second-order valence-electron chi connectivity index (χ2n) is 6.83. The standard InChI is InChI=1S/C20H24N4O2S/c1-13-3-5-15(6-4-13)16-11-27-19-18(16)20(26)24(12-23-19)8-7-17(25)22-10-14(2)9-21/h3-6,11-12,14H,7-10,21H2,1-2H3,(H,22,25). The fourth-order valence-corrected chi connectivity index (χ4v) is 3.66. The molecule has 0 fully saturated rings. The first-order valence-corrected chi connectivity index (χ1v) is 9.88. The Labute approximate surface area is 162 Å². The van der Waals surface area contributed by atoms with Crippen molar-refractivity contribution in [3.8, 4) is 11.1 Å². The van der Waals surface area contributed by atoms with Crippen LogP contribution < -0.4 is 16.6 Å². The number of carbonyl (C=O) groups excluding carboxylic acids is 1. The lowest BCUT2D eigenvalue weighted by Gasteiger charge is -2.10. The number of hydrogen-bond donors (Lipinski definition) is 2. The van der Waals surface area contributed by atoms with Crippen molar-refractivity contribution in [1.29, 1.82) is 0 Å². The first-order valence-electron chi connectivity index (χ1n) is 9.00. The molecule has 0 bridgehead atoms. The minimum atomic E-state index is -0.111. The lowest BCUT2D eigenvalue weighted by molar-refractivity contribution is -0.121. The number of rotatable bonds is 7. The maximum Gasteiger partial charge on any atom is 0.262 e. The Morgan fingerprint density at radius 2 is 2.07 bits per heavy atom. The Morgan fingerprint density at radius 3 is 2.78 bits per heavy atom. The van der Waals surface area contributed by atoms with Crippen LogP contribution in [0.25, 0.3) is 21.3 Å². The Morgan fingerprint density at radius 1 is 1.33 bits per heavy atom. The summed E-state index contributed by atoms with van der Waals surface area (Å²) >= 11 is 1.46. The SMILES string of the molecule is Cc1ccc(-c2csc3ncn(CCC(=O)NCC(C)CN)c(=O)c23)cc1. The van der Waals surface area contributed by atoms with Gasteiger partial charge in [-0.1, -0.05) is 36.8 Å². The molecule has 2 heterocycles. The van der Waals surface area contributed by atoms with Crippen LogP contribution in [-0.2, 0) is 11.3 Å². The first-order chi connectivity index (χ1) is 13.0. The zero-order chi connectivity index (χ0) is 19.4. The molecule has 142 valence electrons. The number of thiophene rings is 1. The molecule has 0 aliphatic heterocycles. The normalized spacial score (nSPS) is 12.3. The number of benzene rings is 1. The summed E-state index contributed by atoms with van der Waals surface area (Å²) in [4.78, 5) is 30.1. The van der Waals surface area contributed by atoms with E-state index in [9.17, 15) is 9.59 Å². The molecule has 0 saturated carbocycles. The van der Waals surface area contributed by atoms with Crippen molar-refractivity contribution in [2.45, 2.75) is 26.8 Å². The zero-order valence-corrected chi connectivity index (χ0v) is 16.4. The molecule has 1 unspecified atom stereocenters. The third-order valence-corrected chi connectivity index (χ3v) is 5.44. The molecule has 0 aliphatic rings. The van der Waals surface area contributed by atoms with E-state index in [2.05, 4.69) is 10.3 Å². The quantitative estimate of drug-likeness (QED) is 0.655. The van der Waals surface area contributed by atoms with Gasteiger partial charge in [0.2, 0.25) is 5.91 Å². The minimum absolute atomic E-state index is 0.0913.